The number of rotatable bonds is 8. The molecule has 128 valence electrons. The van der Waals surface area contributed by atoms with E-state index in [0.29, 0.717) is 6.04 Å². The Morgan fingerprint density at radius 2 is 1.50 bits per heavy atom. The van der Waals surface area contributed by atoms with E-state index in [4.69, 9.17) is 0 Å². The molecule has 0 radical (unpaired) electrons. The van der Waals surface area contributed by atoms with Gasteiger partial charge in [-0.15, -0.1) is 0 Å². The van der Waals surface area contributed by atoms with Crippen molar-refractivity contribution in [3.8, 4) is 11.1 Å². The van der Waals surface area contributed by atoms with E-state index in [1.54, 1.807) is 0 Å². The monoisotopic (exact) mass is 323 g/mol. The molecule has 0 fully saturated rings. The first kappa shape index (κ1) is 18.3. The van der Waals surface area contributed by atoms with Gasteiger partial charge < -0.3 is 4.90 Å². The van der Waals surface area contributed by atoms with E-state index in [-0.39, 0.29) is 5.91 Å². The largest absolute Gasteiger partial charge is 0.339 e. The number of nitrogens with zero attached hydrogens (tertiary/aromatic N) is 1. The van der Waals surface area contributed by atoms with E-state index in [1.807, 2.05) is 54.4 Å². The highest BCUT2D eigenvalue weighted by atomic mass is 16.2. The maximum Gasteiger partial charge on any atom is 0.253 e. The van der Waals surface area contributed by atoms with Crippen LogP contribution >= 0.6 is 0 Å². The molecular weight excluding hydrogens is 294 g/mol. The van der Waals surface area contributed by atoms with E-state index in [9.17, 15) is 4.79 Å². The van der Waals surface area contributed by atoms with Gasteiger partial charge in [-0.2, -0.15) is 0 Å². The summed E-state index contributed by atoms with van der Waals surface area (Å²) in [6, 6.07) is 18.6. The molecule has 0 N–H and O–H groups in total. The number of carbonyl (C=O) groups is 1. The van der Waals surface area contributed by atoms with Gasteiger partial charge in [0, 0.05) is 18.7 Å². The summed E-state index contributed by atoms with van der Waals surface area (Å²) in [7, 11) is 1.95. The summed E-state index contributed by atoms with van der Waals surface area (Å²) in [6.07, 6.45) is 5.63. The van der Waals surface area contributed by atoms with Crippen LogP contribution in [0, 0.1) is 0 Å². The first-order chi connectivity index (χ1) is 11.7. The molecule has 0 aliphatic carbocycles. The number of hydrogen-bond donors (Lipinski definition) is 0. The lowest BCUT2D eigenvalue weighted by atomic mass is 10.0. The average molecular weight is 323 g/mol. The molecule has 0 bridgehead atoms. The highest BCUT2D eigenvalue weighted by molar-refractivity contribution is 5.94. The third-order valence-corrected chi connectivity index (χ3v) is 4.62. The Balaban J connectivity index is 2.10. The van der Waals surface area contributed by atoms with Crippen molar-refractivity contribution in [2.75, 3.05) is 7.05 Å². The first-order valence-electron chi connectivity index (χ1n) is 9.10. The van der Waals surface area contributed by atoms with Gasteiger partial charge in [0.1, 0.15) is 0 Å². The lowest BCUT2D eigenvalue weighted by Gasteiger charge is -2.28. The van der Waals surface area contributed by atoms with Crippen molar-refractivity contribution in [2.24, 2.45) is 0 Å². The Hall–Kier alpha value is -2.09. The summed E-state index contributed by atoms with van der Waals surface area (Å²) < 4.78 is 0. The standard InChI is InChI=1S/C22H29NO/c1-4-6-13-21(10-5-2)23(3)22(24)20-16-14-19(15-17-20)18-11-8-7-9-12-18/h7-9,11-12,14-17,21H,4-6,10,13H2,1-3H3. The fourth-order valence-corrected chi connectivity index (χ4v) is 3.11. The lowest BCUT2D eigenvalue weighted by Crippen LogP contribution is -2.37. The Morgan fingerprint density at radius 1 is 0.875 bits per heavy atom. The summed E-state index contributed by atoms with van der Waals surface area (Å²) in [5.74, 6) is 0.129. The number of unbranched alkanes of at least 4 members (excludes halogenated alkanes) is 1. The second kappa shape index (κ2) is 9.27. The van der Waals surface area contributed by atoms with Crippen molar-refractivity contribution in [3.05, 3.63) is 60.2 Å². The molecule has 0 saturated heterocycles. The van der Waals surface area contributed by atoms with Gasteiger partial charge in [0.05, 0.1) is 0 Å². The average Bonchev–Trinajstić information content (AvgIpc) is 2.65. The van der Waals surface area contributed by atoms with Gasteiger partial charge in [-0.1, -0.05) is 75.6 Å². The molecule has 2 heteroatoms. The molecule has 2 nitrogen and oxygen atoms in total. The van der Waals surface area contributed by atoms with Crippen LogP contribution in [0.1, 0.15) is 56.3 Å². The number of hydrogen-bond acceptors (Lipinski definition) is 1. The van der Waals surface area contributed by atoms with Gasteiger partial charge in [-0.3, -0.25) is 4.79 Å². The molecule has 0 aliphatic rings. The minimum Gasteiger partial charge on any atom is -0.339 e. The summed E-state index contributed by atoms with van der Waals surface area (Å²) in [5, 5.41) is 0. The van der Waals surface area contributed by atoms with Gasteiger partial charge in [0.15, 0.2) is 0 Å². The van der Waals surface area contributed by atoms with Crippen LogP contribution in [-0.4, -0.2) is 23.9 Å². The molecule has 0 saturated carbocycles. The summed E-state index contributed by atoms with van der Waals surface area (Å²) >= 11 is 0. The zero-order valence-corrected chi connectivity index (χ0v) is 15.2. The molecule has 2 aromatic carbocycles. The van der Waals surface area contributed by atoms with E-state index < -0.39 is 0 Å². The Morgan fingerprint density at radius 3 is 2.08 bits per heavy atom. The van der Waals surface area contributed by atoms with Crippen LogP contribution in [0.15, 0.2) is 54.6 Å². The molecule has 0 aliphatic heterocycles. The minimum absolute atomic E-state index is 0.129. The molecule has 2 rings (SSSR count). The fourth-order valence-electron chi connectivity index (χ4n) is 3.11. The van der Waals surface area contributed by atoms with Crippen LogP contribution in [0.25, 0.3) is 11.1 Å². The summed E-state index contributed by atoms with van der Waals surface area (Å²) in [6.45, 7) is 4.39. The van der Waals surface area contributed by atoms with Crippen molar-refractivity contribution in [2.45, 2.75) is 52.0 Å². The van der Waals surface area contributed by atoms with Gasteiger partial charge in [-0.25, -0.2) is 0 Å². The normalized spacial score (nSPS) is 12.0. The lowest BCUT2D eigenvalue weighted by molar-refractivity contribution is 0.0713. The molecule has 2 aromatic rings. The highest BCUT2D eigenvalue weighted by Gasteiger charge is 2.20. The zero-order chi connectivity index (χ0) is 17.4. The minimum atomic E-state index is 0.129. The van der Waals surface area contributed by atoms with Gasteiger partial charge in [0.25, 0.3) is 5.91 Å². The quantitative estimate of drug-likeness (QED) is 0.602. The van der Waals surface area contributed by atoms with Crippen molar-refractivity contribution in [3.63, 3.8) is 0 Å². The fraction of sp³-hybridized carbons (Fsp3) is 0.409. The topological polar surface area (TPSA) is 20.3 Å². The van der Waals surface area contributed by atoms with Gasteiger partial charge in [0.2, 0.25) is 0 Å². The van der Waals surface area contributed by atoms with Crippen LogP contribution in [0.4, 0.5) is 0 Å². The second-order valence-corrected chi connectivity index (χ2v) is 6.44. The van der Waals surface area contributed by atoms with Crippen molar-refractivity contribution < 1.29 is 4.79 Å². The van der Waals surface area contributed by atoms with Crippen LogP contribution in [0.2, 0.25) is 0 Å². The van der Waals surface area contributed by atoms with E-state index in [0.717, 1.165) is 30.4 Å². The Kier molecular flexibility index (Phi) is 7.05. The highest BCUT2D eigenvalue weighted by Crippen LogP contribution is 2.21. The maximum atomic E-state index is 12.8. The van der Waals surface area contributed by atoms with E-state index >= 15 is 0 Å². The van der Waals surface area contributed by atoms with Crippen molar-refractivity contribution in [1.82, 2.24) is 4.90 Å². The van der Waals surface area contributed by atoms with Crippen LogP contribution in [0.5, 0.6) is 0 Å². The summed E-state index contributed by atoms with van der Waals surface area (Å²) in [4.78, 5) is 14.7. The molecule has 1 atom stereocenters. The van der Waals surface area contributed by atoms with Gasteiger partial charge >= 0.3 is 0 Å². The third kappa shape index (κ3) is 4.70. The van der Waals surface area contributed by atoms with Crippen molar-refractivity contribution in [1.29, 1.82) is 0 Å². The maximum absolute atomic E-state index is 12.8. The van der Waals surface area contributed by atoms with Crippen molar-refractivity contribution >= 4 is 5.91 Å². The predicted molar refractivity (Wildman–Crippen MR) is 102 cm³/mol. The summed E-state index contributed by atoms with van der Waals surface area (Å²) in [5.41, 5.74) is 3.09. The molecule has 1 unspecified atom stereocenters. The number of benzene rings is 2. The predicted octanol–water partition coefficient (Wildman–Crippen LogP) is 5.78. The third-order valence-electron chi connectivity index (χ3n) is 4.62. The Labute approximate surface area is 146 Å². The van der Waals surface area contributed by atoms with Crippen LogP contribution in [-0.2, 0) is 0 Å². The number of carbonyl (C=O) groups excluding carboxylic acids is 1. The molecule has 0 spiro atoms. The van der Waals surface area contributed by atoms with Crippen LogP contribution in [0.3, 0.4) is 0 Å². The number of amides is 1. The van der Waals surface area contributed by atoms with Crippen LogP contribution < -0.4 is 0 Å². The molecule has 0 heterocycles. The second-order valence-electron chi connectivity index (χ2n) is 6.44. The molecule has 1 amide bonds. The molecule has 0 aromatic heterocycles. The van der Waals surface area contributed by atoms with E-state index in [2.05, 4.69) is 26.0 Å². The smallest absolute Gasteiger partial charge is 0.253 e. The first-order valence-corrected chi connectivity index (χ1v) is 9.10. The molecule has 24 heavy (non-hydrogen) atoms. The Bertz CT molecular complexity index is 618. The zero-order valence-electron chi connectivity index (χ0n) is 15.2. The van der Waals surface area contributed by atoms with E-state index in [1.165, 1.54) is 18.4 Å². The van der Waals surface area contributed by atoms with Gasteiger partial charge in [-0.05, 0) is 36.1 Å². The SMILES string of the molecule is CCCCC(CCC)N(C)C(=O)c1ccc(-c2ccccc2)cc1. The molecular formula is C22H29NO.